The molecule has 0 bridgehead atoms. The Balaban J connectivity index is 1.79. The normalized spacial score (nSPS) is 12.2. The number of rotatable bonds is 7. The maximum atomic E-state index is 12.7. The highest BCUT2D eigenvalue weighted by Crippen LogP contribution is 2.30. The fourth-order valence-corrected chi connectivity index (χ4v) is 2.21. The Morgan fingerprint density at radius 2 is 1.79 bits per heavy atom. The number of ether oxygens (including phenoxy) is 2. The molecular formula is C20H20F3NO4. The molecule has 0 unspecified atom stereocenters. The van der Waals surface area contributed by atoms with Crippen molar-refractivity contribution in [1.29, 1.82) is 0 Å². The predicted octanol–water partition coefficient (Wildman–Crippen LogP) is 4.35. The highest BCUT2D eigenvalue weighted by atomic mass is 19.4. The van der Waals surface area contributed by atoms with Crippen LogP contribution in [0.25, 0.3) is 0 Å². The summed E-state index contributed by atoms with van der Waals surface area (Å²) in [4.78, 5) is 23.8. The van der Waals surface area contributed by atoms with E-state index in [0.717, 1.165) is 17.7 Å². The number of amides is 1. The maximum absolute atomic E-state index is 12.7. The van der Waals surface area contributed by atoms with E-state index in [0.29, 0.717) is 5.75 Å². The Labute approximate surface area is 160 Å². The van der Waals surface area contributed by atoms with Crippen LogP contribution in [-0.2, 0) is 20.5 Å². The lowest BCUT2D eigenvalue weighted by molar-refractivity contribution is -0.153. The third-order valence-electron chi connectivity index (χ3n) is 3.73. The van der Waals surface area contributed by atoms with E-state index in [1.807, 2.05) is 19.1 Å². The molecule has 5 nitrogen and oxygen atoms in total. The van der Waals surface area contributed by atoms with E-state index in [9.17, 15) is 22.8 Å². The van der Waals surface area contributed by atoms with Gasteiger partial charge in [-0.1, -0.05) is 23.8 Å². The van der Waals surface area contributed by atoms with Crippen molar-refractivity contribution in [2.24, 2.45) is 0 Å². The minimum Gasteiger partial charge on any atom is -0.493 e. The number of carbonyl (C=O) groups excluding carboxylic acids is 2. The van der Waals surface area contributed by atoms with Crippen molar-refractivity contribution in [3.8, 4) is 5.75 Å². The van der Waals surface area contributed by atoms with Crippen LogP contribution in [-0.4, -0.2) is 24.6 Å². The Morgan fingerprint density at radius 1 is 1.11 bits per heavy atom. The summed E-state index contributed by atoms with van der Waals surface area (Å²) in [6, 6.07) is 11.5. The Kier molecular flexibility index (Phi) is 7.03. The van der Waals surface area contributed by atoms with Gasteiger partial charge in [-0.25, -0.2) is 0 Å². The standard InChI is InChI=1S/C20H20F3NO4/c1-13-6-8-17(9-7-13)27-11-10-18(25)28-14(2)19(26)24-16-5-3-4-15(12-16)20(21,22)23/h3-9,12,14H,10-11H2,1-2H3,(H,24,26)/t14-/m0/s1. The van der Waals surface area contributed by atoms with Gasteiger partial charge >= 0.3 is 12.1 Å². The second kappa shape index (κ2) is 9.25. The van der Waals surface area contributed by atoms with Crippen molar-refractivity contribution >= 4 is 17.6 Å². The molecule has 2 aromatic carbocycles. The van der Waals surface area contributed by atoms with Crippen LogP contribution >= 0.6 is 0 Å². The first kappa shape index (κ1) is 21.3. The van der Waals surface area contributed by atoms with Crippen LogP contribution in [0.2, 0.25) is 0 Å². The van der Waals surface area contributed by atoms with Gasteiger partial charge in [0.1, 0.15) is 5.75 Å². The molecule has 0 spiro atoms. The smallest absolute Gasteiger partial charge is 0.416 e. The Morgan fingerprint density at radius 3 is 2.43 bits per heavy atom. The molecule has 150 valence electrons. The number of carbonyl (C=O) groups is 2. The van der Waals surface area contributed by atoms with Gasteiger partial charge in [-0.3, -0.25) is 9.59 Å². The first-order valence-corrected chi connectivity index (χ1v) is 8.52. The zero-order valence-corrected chi connectivity index (χ0v) is 15.4. The van der Waals surface area contributed by atoms with Crippen molar-refractivity contribution in [2.45, 2.75) is 32.5 Å². The van der Waals surface area contributed by atoms with Gasteiger partial charge in [-0.2, -0.15) is 13.2 Å². The van der Waals surface area contributed by atoms with Crippen molar-refractivity contribution in [3.63, 3.8) is 0 Å². The third kappa shape index (κ3) is 6.61. The number of alkyl halides is 3. The van der Waals surface area contributed by atoms with Gasteiger partial charge in [0.25, 0.3) is 5.91 Å². The van der Waals surface area contributed by atoms with Crippen molar-refractivity contribution < 1.29 is 32.2 Å². The summed E-state index contributed by atoms with van der Waals surface area (Å²) in [5, 5.41) is 2.30. The lowest BCUT2D eigenvalue weighted by Crippen LogP contribution is -2.30. The summed E-state index contributed by atoms with van der Waals surface area (Å²) in [5.41, 5.74) is 0.154. The van der Waals surface area contributed by atoms with Crippen molar-refractivity contribution in [1.82, 2.24) is 0 Å². The van der Waals surface area contributed by atoms with Gasteiger partial charge < -0.3 is 14.8 Å². The minimum atomic E-state index is -4.52. The number of aryl methyl sites for hydroxylation is 1. The fraction of sp³-hybridized carbons (Fsp3) is 0.300. The monoisotopic (exact) mass is 395 g/mol. The zero-order chi connectivity index (χ0) is 20.7. The first-order valence-electron chi connectivity index (χ1n) is 8.52. The zero-order valence-electron chi connectivity index (χ0n) is 15.4. The molecule has 0 aliphatic rings. The average Bonchev–Trinajstić information content (AvgIpc) is 2.63. The fourth-order valence-electron chi connectivity index (χ4n) is 2.21. The third-order valence-corrected chi connectivity index (χ3v) is 3.73. The van der Waals surface area contributed by atoms with Crippen molar-refractivity contribution in [2.75, 3.05) is 11.9 Å². The molecule has 28 heavy (non-hydrogen) atoms. The second-order valence-electron chi connectivity index (χ2n) is 6.11. The van der Waals surface area contributed by atoms with Gasteiger partial charge in [0.15, 0.2) is 6.10 Å². The van der Waals surface area contributed by atoms with Crippen LogP contribution in [0.3, 0.4) is 0 Å². The summed E-state index contributed by atoms with van der Waals surface area (Å²) in [5.74, 6) is -0.778. The molecule has 0 aliphatic carbocycles. The molecule has 1 amide bonds. The largest absolute Gasteiger partial charge is 0.493 e. The van der Waals surface area contributed by atoms with Crippen molar-refractivity contribution in [3.05, 3.63) is 59.7 Å². The Bertz CT molecular complexity index is 819. The lowest BCUT2D eigenvalue weighted by atomic mass is 10.2. The molecule has 0 aromatic heterocycles. The number of halogens is 3. The SMILES string of the molecule is Cc1ccc(OCCC(=O)O[C@@H](C)C(=O)Nc2cccc(C(F)(F)F)c2)cc1. The van der Waals surface area contributed by atoms with Gasteiger partial charge in [-0.15, -0.1) is 0 Å². The van der Waals surface area contributed by atoms with Crippen LogP contribution in [0.5, 0.6) is 5.75 Å². The van der Waals surface area contributed by atoms with Crippen LogP contribution in [0.15, 0.2) is 48.5 Å². The van der Waals surface area contributed by atoms with Crippen LogP contribution in [0, 0.1) is 6.92 Å². The van der Waals surface area contributed by atoms with E-state index in [-0.39, 0.29) is 18.7 Å². The molecule has 0 aliphatic heterocycles. The summed E-state index contributed by atoms with van der Waals surface area (Å²) >= 11 is 0. The molecular weight excluding hydrogens is 375 g/mol. The van der Waals surface area contributed by atoms with Gasteiger partial charge in [0.2, 0.25) is 0 Å². The quantitative estimate of drug-likeness (QED) is 0.708. The number of benzene rings is 2. The van der Waals surface area contributed by atoms with Crippen LogP contribution in [0.1, 0.15) is 24.5 Å². The van der Waals surface area contributed by atoms with E-state index in [1.54, 1.807) is 12.1 Å². The maximum Gasteiger partial charge on any atom is 0.416 e. The number of anilines is 1. The predicted molar refractivity (Wildman–Crippen MR) is 96.9 cm³/mol. The number of esters is 1. The molecule has 0 saturated heterocycles. The van der Waals surface area contributed by atoms with Crippen LogP contribution < -0.4 is 10.1 Å². The van der Waals surface area contributed by atoms with E-state index < -0.39 is 29.7 Å². The highest BCUT2D eigenvalue weighted by Gasteiger charge is 2.30. The topological polar surface area (TPSA) is 64.6 Å². The number of hydrogen-bond donors (Lipinski definition) is 1. The van der Waals surface area contributed by atoms with Crippen LogP contribution in [0.4, 0.5) is 18.9 Å². The first-order chi connectivity index (χ1) is 13.1. The summed E-state index contributed by atoms with van der Waals surface area (Å²) in [6.07, 6.45) is -5.76. The molecule has 0 fully saturated rings. The number of hydrogen-bond acceptors (Lipinski definition) is 4. The molecule has 0 radical (unpaired) electrons. The molecule has 0 saturated carbocycles. The van der Waals surface area contributed by atoms with Gasteiger partial charge in [0.05, 0.1) is 18.6 Å². The van der Waals surface area contributed by atoms with E-state index in [4.69, 9.17) is 9.47 Å². The molecule has 8 heteroatoms. The minimum absolute atomic E-state index is 0.0366. The molecule has 1 N–H and O–H groups in total. The van der Waals surface area contributed by atoms with Gasteiger partial charge in [0, 0.05) is 5.69 Å². The average molecular weight is 395 g/mol. The number of nitrogens with one attached hydrogen (secondary N) is 1. The summed E-state index contributed by atoms with van der Waals surface area (Å²) < 4.78 is 48.5. The Hall–Kier alpha value is -3.03. The molecule has 2 rings (SSSR count). The van der Waals surface area contributed by atoms with E-state index in [2.05, 4.69) is 5.32 Å². The summed E-state index contributed by atoms with van der Waals surface area (Å²) in [7, 11) is 0. The molecule has 1 atom stereocenters. The molecule has 2 aromatic rings. The van der Waals surface area contributed by atoms with E-state index >= 15 is 0 Å². The molecule has 0 heterocycles. The van der Waals surface area contributed by atoms with Gasteiger partial charge in [-0.05, 0) is 44.2 Å². The highest BCUT2D eigenvalue weighted by molar-refractivity contribution is 5.95. The lowest BCUT2D eigenvalue weighted by Gasteiger charge is -2.15. The summed E-state index contributed by atoms with van der Waals surface area (Å²) in [6.45, 7) is 3.35. The second-order valence-corrected chi connectivity index (χ2v) is 6.11. The van der Waals surface area contributed by atoms with E-state index in [1.165, 1.54) is 19.1 Å².